The van der Waals surface area contributed by atoms with Crippen molar-refractivity contribution in [2.24, 2.45) is 5.84 Å². The summed E-state index contributed by atoms with van der Waals surface area (Å²) in [6.45, 7) is 1.92. The number of nitrogen functional groups attached to an aromatic ring is 1. The zero-order chi connectivity index (χ0) is 14.8. The van der Waals surface area contributed by atoms with E-state index in [1.54, 1.807) is 11.3 Å². The molecule has 0 radical (unpaired) electrons. The first-order valence-electron chi connectivity index (χ1n) is 7.13. The molecule has 0 saturated heterocycles. The van der Waals surface area contributed by atoms with Crippen molar-refractivity contribution in [2.75, 3.05) is 5.43 Å². The van der Waals surface area contributed by atoms with Crippen LogP contribution in [0, 0.1) is 6.92 Å². The van der Waals surface area contributed by atoms with Crippen molar-refractivity contribution >= 4 is 22.9 Å². The molecule has 3 rings (SSSR count). The third-order valence-corrected chi connectivity index (χ3v) is 4.99. The fourth-order valence-electron chi connectivity index (χ4n) is 2.88. The van der Waals surface area contributed by atoms with E-state index >= 15 is 0 Å². The van der Waals surface area contributed by atoms with Gasteiger partial charge in [0.05, 0.1) is 6.04 Å². The molecule has 4 nitrogen and oxygen atoms in total. The Kier molecular flexibility index (Phi) is 3.94. The van der Waals surface area contributed by atoms with Crippen molar-refractivity contribution < 1.29 is 4.79 Å². The molecule has 0 saturated carbocycles. The molecule has 1 heterocycles. The van der Waals surface area contributed by atoms with Gasteiger partial charge in [-0.25, -0.2) is 0 Å². The molecule has 21 heavy (non-hydrogen) atoms. The summed E-state index contributed by atoms with van der Waals surface area (Å²) in [6.07, 6.45) is 3.28. The Morgan fingerprint density at radius 1 is 1.38 bits per heavy atom. The molecule has 2 aromatic rings. The normalized spacial score (nSPS) is 17.1. The minimum Gasteiger partial charge on any atom is -0.345 e. The van der Waals surface area contributed by atoms with Gasteiger partial charge in [-0.1, -0.05) is 0 Å². The summed E-state index contributed by atoms with van der Waals surface area (Å²) < 4.78 is 0. The van der Waals surface area contributed by atoms with Crippen LogP contribution in [0.4, 0.5) is 5.69 Å². The lowest BCUT2D eigenvalue weighted by atomic mass is 9.93. The maximum Gasteiger partial charge on any atom is 0.252 e. The molecule has 1 aromatic heterocycles. The predicted octanol–water partition coefficient (Wildman–Crippen LogP) is 3.15. The highest BCUT2D eigenvalue weighted by Gasteiger charge is 2.23. The van der Waals surface area contributed by atoms with Gasteiger partial charge in [-0.15, -0.1) is 11.3 Å². The van der Waals surface area contributed by atoms with Crippen molar-refractivity contribution in [3.05, 3.63) is 51.2 Å². The van der Waals surface area contributed by atoms with Crippen LogP contribution in [0.1, 0.15) is 45.2 Å². The number of rotatable bonds is 3. The van der Waals surface area contributed by atoms with E-state index in [2.05, 4.69) is 22.2 Å². The second-order valence-corrected chi connectivity index (χ2v) is 6.39. The van der Waals surface area contributed by atoms with Crippen LogP contribution in [0.5, 0.6) is 0 Å². The van der Waals surface area contributed by atoms with E-state index in [0.29, 0.717) is 5.56 Å². The van der Waals surface area contributed by atoms with Crippen LogP contribution in [-0.4, -0.2) is 5.91 Å². The largest absolute Gasteiger partial charge is 0.345 e. The maximum absolute atomic E-state index is 12.5. The number of thiophene rings is 1. The molecule has 1 aliphatic rings. The van der Waals surface area contributed by atoms with Crippen molar-refractivity contribution in [3.8, 4) is 0 Å². The average molecular weight is 301 g/mol. The first kappa shape index (κ1) is 14.1. The number of carbonyl (C=O) groups excluding carboxylic acids is 1. The highest BCUT2D eigenvalue weighted by molar-refractivity contribution is 7.10. The highest BCUT2D eigenvalue weighted by atomic mass is 32.1. The number of hydrazine groups is 1. The average Bonchev–Trinajstić information content (AvgIpc) is 2.96. The molecule has 0 bridgehead atoms. The van der Waals surface area contributed by atoms with Gasteiger partial charge < -0.3 is 10.7 Å². The maximum atomic E-state index is 12.5. The molecule has 1 amide bonds. The number of nitrogens with two attached hydrogens (primary N) is 1. The summed E-state index contributed by atoms with van der Waals surface area (Å²) in [5.41, 5.74) is 6.32. The van der Waals surface area contributed by atoms with Gasteiger partial charge in [0.15, 0.2) is 0 Å². The molecule has 0 spiro atoms. The molecule has 5 heteroatoms. The molecule has 0 fully saturated rings. The third kappa shape index (κ3) is 2.80. The molecule has 110 valence electrons. The number of anilines is 1. The standard InChI is InChI=1S/C16H19N3OS/c1-10-9-11(19-17)5-6-12(10)16(20)18-14-3-2-4-15-13(14)7-8-21-15/h5-9,14,19H,2-4,17H2,1H3,(H,18,20). The molecule has 0 aliphatic heterocycles. The van der Waals surface area contributed by atoms with Crippen LogP contribution in [0.25, 0.3) is 0 Å². The molecular formula is C16H19N3OS. The van der Waals surface area contributed by atoms with E-state index in [0.717, 1.165) is 30.5 Å². The summed E-state index contributed by atoms with van der Waals surface area (Å²) in [6, 6.07) is 7.79. The van der Waals surface area contributed by atoms with E-state index in [4.69, 9.17) is 5.84 Å². The fraction of sp³-hybridized carbons (Fsp3) is 0.312. The summed E-state index contributed by atoms with van der Waals surface area (Å²) in [4.78, 5) is 13.9. The first-order chi connectivity index (χ1) is 10.2. The lowest BCUT2D eigenvalue weighted by Gasteiger charge is -2.24. The summed E-state index contributed by atoms with van der Waals surface area (Å²) in [5.74, 6) is 5.37. The van der Waals surface area contributed by atoms with Crippen molar-refractivity contribution in [1.82, 2.24) is 5.32 Å². The third-order valence-electron chi connectivity index (χ3n) is 3.99. The Morgan fingerprint density at radius 2 is 2.24 bits per heavy atom. The van der Waals surface area contributed by atoms with Crippen molar-refractivity contribution in [2.45, 2.75) is 32.2 Å². The van der Waals surface area contributed by atoms with Crippen LogP contribution < -0.4 is 16.6 Å². The molecule has 1 aliphatic carbocycles. The van der Waals surface area contributed by atoms with E-state index in [1.807, 2.05) is 25.1 Å². The second kappa shape index (κ2) is 5.87. The quantitative estimate of drug-likeness (QED) is 0.602. The van der Waals surface area contributed by atoms with Crippen LogP contribution in [0.2, 0.25) is 0 Å². The van der Waals surface area contributed by atoms with Gasteiger partial charge in [0.1, 0.15) is 0 Å². The Hall–Kier alpha value is -1.85. The summed E-state index contributed by atoms with van der Waals surface area (Å²) in [5, 5.41) is 5.29. The van der Waals surface area contributed by atoms with Gasteiger partial charge in [-0.05, 0) is 67.0 Å². The number of benzene rings is 1. The fourth-order valence-corrected chi connectivity index (χ4v) is 3.87. The molecule has 4 N–H and O–H groups in total. The first-order valence-corrected chi connectivity index (χ1v) is 8.01. The second-order valence-electron chi connectivity index (χ2n) is 5.39. The van der Waals surface area contributed by atoms with Crippen molar-refractivity contribution in [1.29, 1.82) is 0 Å². The van der Waals surface area contributed by atoms with E-state index in [1.165, 1.54) is 10.4 Å². The van der Waals surface area contributed by atoms with Gasteiger partial charge in [-0.3, -0.25) is 10.6 Å². The zero-order valence-electron chi connectivity index (χ0n) is 12.0. The van der Waals surface area contributed by atoms with Crippen LogP contribution in [0.15, 0.2) is 29.6 Å². The van der Waals surface area contributed by atoms with Crippen molar-refractivity contribution in [3.63, 3.8) is 0 Å². The monoisotopic (exact) mass is 301 g/mol. The number of hydrogen-bond acceptors (Lipinski definition) is 4. The van der Waals surface area contributed by atoms with E-state index in [-0.39, 0.29) is 11.9 Å². The lowest BCUT2D eigenvalue weighted by Crippen LogP contribution is -2.30. The summed E-state index contributed by atoms with van der Waals surface area (Å²) >= 11 is 1.79. The zero-order valence-corrected chi connectivity index (χ0v) is 12.8. The molecule has 1 atom stereocenters. The SMILES string of the molecule is Cc1cc(NN)ccc1C(=O)NC1CCCc2sccc21. The Balaban J connectivity index is 1.79. The van der Waals surface area contributed by atoms with Gasteiger partial charge in [0.25, 0.3) is 5.91 Å². The smallest absolute Gasteiger partial charge is 0.252 e. The van der Waals surface area contributed by atoms with Crippen LogP contribution >= 0.6 is 11.3 Å². The molecule has 1 unspecified atom stereocenters. The Morgan fingerprint density at radius 3 is 3.00 bits per heavy atom. The van der Waals surface area contributed by atoms with Gasteiger partial charge in [0, 0.05) is 16.1 Å². The highest BCUT2D eigenvalue weighted by Crippen LogP contribution is 2.33. The Labute approximate surface area is 128 Å². The molecule has 1 aromatic carbocycles. The topological polar surface area (TPSA) is 67.1 Å². The minimum atomic E-state index is -0.0138. The predicted molar refractivity (Wildman–Crippen MR) is 86.5 cm³/mol. The number of aryl methyl sites for hydroxylation is 2. The number of amides is 1. The van der Waals surface area contributed by atoms with Crippen LogP contribution in [-0.2, 0) is 6.42 Å². The van der Waals surface area contributed by atoms with E-state index < -0.39 is 0 Å². The lowest BCUT2D eigenvalue weighted by molar-refractivity contribution is 0.0932. The van der Waals surface area contributed by atoms with Gasteiger partial charge >= 0.3 is 0 Å². The van der Waals surface area contributed by atoms with Gasteiger partial charge in [-0.2, -0.15) is 0 Å². The van der Waals surface area contributed by atoms with Crippen LogP contribution in [0.3, 0.4) is 0 Å². The number of hydrogen-bond donors (Lipinski definition) is 3. The number of nitrogens with one attached hydrogen (secondary N) is 2. The minimum absolute atomic E-state index is 0.0138. The Bertz CT molecular complexity index is 665. The van der Waals surface area contributed by atoms with Gasteiger partial charge in [0.2, 0.25) is 0 Å². The molecular weight excluding hydrogens is 282 g/mol. The van der Waals surface area contributed by atoms with E-state index in [9.17, 15) is 4.79 Å². The number of carbonyl (C=O) groups is 1. The summed E-state index contributed by atoms with van der Waals surface area (Å²) in [7, 11) is 0. The number of fused-ring (bicyclic) bond motifs is 1.